The van der Waals surface area contributed by atoms with Crippen LogP contribution in [0.15, 0.2) is 33.7 Å². The van der Waals surface area contributed by atoms with Crippen molar-refractivity contribution in [1.29, 1.82) is 0 Å². The number of methoxy groups -OCH3 is 1. The van der Waals surface area contributed by atoms with Crippen LogP contribution in [0.5, 0.6) is 5.75 Å². The number of rotatable bonds is 4. The summed E-state index contributed by atoms with van der Waals surface area (Å²) in [6.45, 7) is 1.66. The monoisotopic (exact) mass is 283 g/mol. The molecule has 7 nitrogen and oxygen atoms in total. The number of nitrogens with two attached hydrogens (primary N) is 1. The highest BCUT2D eigenvalue weighted by molar-refractivity contribution is 7.92. The van der Waals surface area contributed by atoms with E-state index in [1.54, 1.807) is 6.92 Å². The lowest BCUT2D eigenvalue weighted by Gasteiger charge is -2.08. The van der Waals surface area contributed by atoms with Gasteiger partial charge in [-0.05, 0) is 19.1 Å². The normalized spacial score (nSPS) is 11.3. The van der Waals surface area contributed by atoms with Crippen molar-refractivity contribution in [3.8, 4) is 5.75 Å². The van der Waals surface area contributed by atoms with Crippen LogP contribution in [0.25, 0.3) is 0 Å². The van der Waals surface area contributed by atoms with Gasteiger partial charge in [-0.1, -0.05) is 5.16 Å². The molecule has 0 spiro atoms. The Kier molecular flexibility index (Phi) is 3.34. The van der Waals surface area contributed by atoms with E-state index >= 15 is 0 Å². The number of nitrogens with zero attached hydrogens (tertiary/aromatic N) is 1. The zero-order chi connectivity index (χ0) is 14.0. The van der Waals surface area contributed by atoms with Crippen LogP contribution < -0.4 is 15.2 Å². The van der Waals surface area contributed by atoms with E-state index in [9.17, 15) is 8.42 Å². The highest BCUT2D eigenvalue weighted by Crippen LogP contribution is 2.25. The molecule has 1 aromatic carbocycles. The molecule has 0 fully saturated rings. The number of anilines is 2. The molecule has 1 heterocycles. The Balaban J connectivity index is 2.34. The Morgan fingerprint density at radius 2 is 2.11 bits per heavy atom. The minimum Gasteiger partial charge on any atom is -0.495 e. The first-order chi connectivity index (χ1) is 8.92. The van der Waals surface area contributed by atoms with E-state index in [0.29, 0.717) is 17.2 Å². The zero-order valence-corrected chi connectivity index (χ0v) is 11.2. The third-order valence-corrected chi connectivity index (χ3v) is 3.73. The second-order valence-electron chi connectivity index (χ2n) is 3.83. The molecule has 0 aliphatic heterocycles. The van der Waals surface area contributed by atoms with Crippen LogP contribution in [0.3, 0.4) is 0 Å². The first-order valence-electron chi connectivity index (χ1n) is 5.32. The van der Waals surface area contributed by atoms with Gasteiger partial charge >= 0.3 is 0 Å². The fourth-order valence-corrected chi connectivity index (χ4v) is 2.47. The predicted octanol–water partition coefficient (Wildman–Crippen LogP) is 1.37. The number of sulfonamides is 1. The summed E-state index contributed by atoms with van der Waals surface area (Å²) in [5.41, 5.74) is 5.99. The van der Waals surface area contributed by atoms with Gasteiger partial charge < -0.3 is 15.0 Å². The number of benzene rings is 1. The largest absolute Gasteiger partial charge is 0.495 e. The Bertz CT molecular complexity index is 694. The van der Waals surface area contributed by atoms with E-state index in [4.69, 9.17) is 15.0 Å². The van der Waals surface area contributed by atoms with Crippen LogP contribution >= 0.6 is 0 Å². The van der Waals surface area contributed by atoms with Crippen molar-refractivity contribution >= 4 is 21.5 Å². The second kappa shape index (κ2) is 4.81. The van der Waals surface area contributed by atoms with Gasteiger partial charge in [0.2, 0.25) is 0 Å². The van der Waals surface area contributed by atoms with Crippen molar-refractivity contribution in [3.63, 3.8) is 0 Å². The average Bonchev–Trinajstić information content (AvgIpc) is 2.74. The van der Waals surface area contributed by atoms with E-state index in [-0.39, 0.29) is 10.7 Å². The minimum atomic E-state index is -3.76. The van der Waals surface area contributed by atoms with Crippen LogP contribution in [0, 0.1) is 6.92 Å². The topological polar surface area (TPSA) is 107 Å². The summed E-state index contributed by atoms with van der Waals surface area (Å²) in [5, 5.41) is 3.57. The van der Waals surface area contributed by atoms with Crippen LogP contribution in [-0.4, -0.2) is 20.7 Å². The summed E-state index contributed by atoms with van der Waals surface area (Å²) in [6, 6.07) is 5.66. The molecule has 0 atom stereocenters. The van der Waals surface area contributed by atoms with E-state index in [0.717, 1.165) is 0 Å². The molecule has 0 saturated carbocycles. The first-order valence-corrected chi connectivity index (χ1v) is 6.80. The molecule has 0 radical (unpaired) electrons. The molecular weight excluding hydrogens is 270 g/mol. The van der Waals surface area contributed by atoms with Crippen molar-refractivity contribution in [2.45, 2.75) is 11.8 Å². The van der Waals surface area contributed by atoms with Crippen LogP contribution in [-0.2, 0) is 10.0 Å². The van der Waals surface area contributed by atoms with E-state index in [2.05, 4.69) is 9.88 Å². The van der Waals surface area contributed by atoms with Crippen LogP contribution in [0.2, 0.25) is 0 Å². The highest BCUT2D eigenvalue weighted by Gasteiger charge is 2.17. The van der Waals surface area contributed by atoms with Gasteiger partial charge in [0.1, 0.15) is 11.5 Å². The van der Waals surface area contributed by atoms with Gasteiger partial charge in [0, 0.05) is 12.1 Å². The van der Waals surface area contributed by atoms with Crippen molar-refractivity contribution in [2.75, 3.05) is 17.6 Å². The van der Waals surface area contributed by atoms with Crippen molar-refractivity contribution in [2.24, 2.45) is 0 Å². The lowest BCUT2D eigenvalue weighted by molar-refractivity contribution is 0.400. The molecule has 0 amide bonds. The summed E-state index contributed by atoms with van der Waals surface area (Å²) in [7, 11) is -2.34. The molecule has 0 saturated heterocycles. The number of aromatic nitrogens is 1. The SMILES string of the molecule is COc1cc(S(=O)(=O)Nc2cc(C)on2)ccc1N. The quantitative estimate of drug-likeness (QED) is 0.821. The van der Waals surface area contributed by atoms with Crippen LogP contribution in [0.1, 0.15) is 5.76 Å². The van der Waals surface area contributed by atoms with Crippen molar-refractivity contribution in [3.05, 3.63) is 30.0 Å². The molecule has 8 heteroatoms. The Morgan fingerprint density at radius 1 is 1.37 bits per heavy atom. The second-order valence-corrected chi connectivity index (χ2v) is 5.51. The molecule has 0 aliphatic rings. The fraction of sp³-hybridized carbons (Fsp3) is 0.182. The van der Waals surface area contributed by atoms with Gasteiger partial charge in [0.05, 0.1) is 17.7 Å². The van der Waals surface area contributed by atoms with Gasteiger partial charge in [-0.25, -0.2) is 8.42 Å². The number of ether oxygens (including phenoxy) is 1. The predicted molar refractivity (Wildman–Crippen MR) is 69.5 cm³/mol. The number of nitrogen functional groups attached to an aromatic ring is 1. The first kappa shape index (κ1) is 13.2. The number of nitrogens with one attached hydrogen (secondary N) is 1. The van der Waals surface area contributed by atoms with Gasteiger partial charge in [-0.2, -0.15) is 0 Å². The molecule has 0 unspecified atom stereocenters. The molecular formula is C11H13N3O4S. The summed E-state index contributed by atoms with van der Waals surface area (Å²) in [5.74, 6) is 0.917. The number of aryl methyl sites for hydroxylation is 1. The lowest BCUT2D eigenvalue weighted by Crippen LogP contribution is -2.13. The zero-order valence-electron chi connectivity index (χ0n) is 10.4. The molecule has 19 heavy (non-hydrogen) atoms. The average molecular weight is 283 g/mol. The fourth-order valence-electron chi connectivity index (χ4n) is 1.47. The molecule has 0 bridgehead atoms. The van der Waals surface area contributed by atoms with Gasteiger partial charge in [-0.3, -0.25) is 4.72 Å². The Morgan fingerprint density at radius 3 is 2.68 bits per heavy atom. The van der Waals surface area contributed by atoms with E-state index in [1.807, 2.05) is 0 Å². The highest BCUT2D eigenvalue weighted by atomic mass is 32.2. The summed E-state index contributed by atoms with van der Waals surface area (Å²) >= 11 is 0. The lowest BCUT2D eigenvalue weighted by atomic mass is 10.3. The summed E-state index contributed by atoms with van der Waals surface area (Å²) in [6.07, 6.45) is 0. The maximum atomic E-state index is 12.1. The molecule has 2 aromatic rings. The minimum absolute atomic E-state index is 0.0270. The third-order valence-electron chi connectivity index (χ3n) is 2.38. The van der Waals surface area contributed by atoms with Crippen molar-refractivity contribution in [1.82, 2.24) is 5.16 Å². The standard InChI is InChI=1S/C11H13N3O4S/c1-7-5-11(13-18-7)14-19(15,16)8-3-4-9(12)10(6-8)17-2/h3-6H,12H2,1-2H3,(H,13,14). The molecule has 1 aromatic heterocycles. The molecule has 102 valence electrons. The molecule has 3 N–H and O–H groups in total. The molecule has 0 aliphatic carbocycles. The van der Waals surface area contributed by atoms with Gasteiger partial charge in [0.25, 0.3) is 10.0 Å². The van der Waals surface area contributed by atoms with E-state index < -0.39 is 10.0 Å². The third kappa shape index (κ3) is 2.79. The number of hydrogen-bond donors (Lipinski definition) is 2. The summed E-state index contributed by atoms with van der Waals surface area (Å²) < 4.78 is 36.3. The van der Waals surface area contributed by atoms with Gasteiger partial charge in [-0.15, -0.1) is 0 Å². The number of hydrogen-bond acceptors (Lipinski definition) is 6. The summed E-state index contributed by atoms with van der Waals surface area (Å²) in [4.78, 5) is 0.0270. The molecule has 2 rings (SSSR count). The van der Waals surface area contributed by atoms with Gasteiger partial charge in [0.15, 0.2) is 5.82 Å². The maximum Gasteiger partial charge on any atom is 0.263 e. The smallest absolute Gasteiger partial charge is 0.263 e. The Hall–Kier alpha value is -2.22. The van der Waals surface area contributed by atoms with E-state index in [1.165, 1.54) is 31.4 Å². The Labute approximate surface area is 110 Å². The maximum absolute atomic E-state index is 12.1. The van der Waals surface area contributed by atoms with Crippen LogP contribution in [0.4, 0.5) is 11.5 Å². The van der Waals surface area contributed by atoms with Crippen molar-refractivity contribution < 1.29 is 17.7 Å².